The lowest BCUT2D eigenvalue weighted by Gasteiger charge is -2.39. The summed E-state index contributed by atoms with van der Waals surface area (Å²) in [6, 6.07) is 7.37. The Morgan fingerprint density at radius 3 is 2.65 bits per heavy atom. The fourth-order valence-electron chi connectivity index (χ4n) is 2.72. The Kier molecular flexibility index (Phi) is 5.52. The van der Waals surface area contributed by atoms with Crippen LogP contribution in [0.4, 0.5) is 4.39 Å². The third kappa shape index (κ3) is 3.78. The van der Waals surface area contributed by atoms with Gasteiger partial charge in [0.2, 0.25) is 0 Å². The van der Waals surface area contributed by atoms with E-state index in [-0.39, 0.29) is 18.0 Å². The summed E-state index contributed by atoms with van der Waals surface area (Å²) in [6.07, 6.45) is 0.108. The summed E-state index contributed by atoms with van der Waals surface area (Å²) < 4.78 is 19.0. The molecule has 1 aromatic rings. The molecule has 20 heavy (non-hydrogen) atoms. The molecule has 1 aromatic carbocycles. The maximum Gasteiger partial charge on any atom is 0.123 e. The zero-order valence-electron chi connectivity index (χ0n) is 12.6. The van der Waals surface area contributed by atoms with Crippen molar-refractivity contribution in [2.45, 2.75) is 39.0 Å². The van der Waals surface area contributed by atoms with Crippen LogP contribution in [-0.4, -0.2) is 43.3 Å². The number of morpholine rings is 1. The van der Waals surface area contributed by atoms with Gasteiger partial charge in [0.05, 0.1) is 18.8 Å². The summed E-state index contributed by atoms with van der Waals surface area (Å²) in [5.74, 6) is -0.197. The highest BCUT2D eigenvalue weighted by atomic mass is 19.1. The number of halogens is 1. The Balaban J connectivity index is 2.13. The van der Waals surface area contributed by atoms with E-state index >= 15 is 0 Å². The number of nitrogens with zero attached hydrogens (tertiary/aromatic N) is 1. The molecule has 1 N–H and O–H groups in total. The summed E-state index contributed by atoms with van der Waals surface area (Å²) in [5.41, 5.74) is 1.09. The predicted molar refractivity (Wildman–Crippen MR) is 79.3 cm³/mol. The third-order valence-corrected chi connectivity index (χ3v) is 3.88. The first-order valence-electron chi connectivity index (χ1n) is 7.46. The Morgan fingerprint density at radius 2 is 2.05 bits per heavy atom. The molecule has 0 bridgehead atoms. The number of benzene rings is 1. The summed E-state index contributed by atoms with van der Waals surface area (Å²) in [4.78, 5) is 2.43. The third-order valence-electron chi connectivity index (χ3n) is 3.88. The molecule has 1 heterocycles. The minimum absolute atomic E-state index is 0.108. The van der Waals surface area contributed by atoms with Gasteiger partial charge in [-0.15, -0.1) is 0 Å². The van der Waals surface area contributed by atoms with Crippen LogP contribution in [0.1, 0.15) is 32.4 Å². The largest absolute Gasteiger partial charge is 0.374 e. The van der Waals surface area contributed by atoms with Gasteiger partial charge in [-0.25, -0.2) is 4.39 Å². The Bertz CT molecular complexity index is 407. The molecule has 0 aromatic heterocycles. The fraction of sp³-hybridized carbons (Fsp3) is 0.625. The van der Waals surface area contributed by atoms with Crippen LogP contribution in [0.5, 0.6) is 0 Å². The van der Waals surface area contributed by atoms with E-state index in [9.17, 15) is 4.39 Å². The highest BCUT2D eigenvalue weighted by Crippen LogP contribution is 2.23. The molecule has 3 nitrogen and oxygen atoms in total. The number of likely N-dealkylation sites (N-methyl/N-ethyl adjacent to an activating group) is 1. The highest BCUT2D eigenvalue weighted by Gasteiger charge is 2.29. The molecule has 1 aliphatic rings. The second-order valence-electron chi connectivity index (χ2n) is 5.58. The van der Waals surface area contributed by atoms with Gasteiger partial charge in [-0.2, -0.15) is 0 Å². The Labute approximate surface area is 121 Å². The first-order valence-corrected chi connectivity index (χ1v) is 7.46. The zero-order valence-corrected chi connectivity index (χ0v) is 12.6. The van der Waals surface area contributed by atoms with Crippen molar-refractivity contribution in [1.29, 1.82) is 0 Å². The van der Waals surface area contributed by atoms with Crippen molar-refractivity contribution >= 4 is 0 Å². The lowest BCUT2D eigenvalue weighted by atomic mass is 9.99. The SMILES string of the molecule is CCNC(c1ccc(F)cc1)C1CN(C(C)C)CCO1. The van der Waals surface area contributed by atoms with E-state index in [1.807, 2.05) is 12.1 Å². The van der Waals surface area contributed by atoms with Crippen molar-refractivity contribution in [3.05, 3.63) is 35.6 Å². The van der Waals surface area contributed by atoms with Gasteiger partial charge in [-0.1, -0.05) is 19.1 Å². The zero-order chi connectivity index (χ0) is 14.5. The quantitative estimate of drug-likeness (QED) is 0.897. The van der Waals surface area contributed by atoms with Gasteiger partial charge in [0.25, 0.3) is 0 Å². The van der Waals surface area contributed by atoms with Gasteiger partial charge in [0.15, 0.2) is 0 Å². The summed E-state index contributed by atoms with van der Waals surface area (Å²) in [6.45, 7) is 10.0. The second-order valence-corrected chi connectivity index (χ2v) is 5.58. The van der Waals surface area contributed by atoms with Crippen LogP contribution < -0.4 is 5.32 Å². The molecule has 0 radical (unpaired) electrons. The van der Waals surface area contributed by atoms with Gasteiger partial charge in [-0.3, -0.25) is 4.90 Å². The molecule has 0 amide bonds. The van der Waals surface area contributed by atoms with Crippen molar-refractivity contribution < 1.29 is 9.13 Å². The smallest absolute Gasteiger partial charge is 0.123 e. The molecule has 0 aliphatic carbocycles. The Morgan fingerprint density at radius 1 is 1.35 bits per heavy atom. The van der Waals surface area contributed by atoms with Crippen LogP contribution in [0.15, 0.2) is 24.3 Å². The van der Waals surface area contributed by atoms with E-state index in [4.69, 9.17) is 4.74 Å². The molecule has 4 heteroatoms. The molecule has 0 spiro atoms. The average molecular weight is 280 g/mol. The topological polar surface area (TPSA) is 24.5 Å². The molecule has 1 fully saturated rings. The number of hydrogen-bond acceptors (Lipinski definition) is 3. The van der Waals surface area contributed by atoms with Gasteiger partial charge >= 0.3 is 0 Å². The van der Waals surface area contributed by atoms with E-state index in [2.05, 4.69) is 31.0 Å². The second kappa shape index (κ2) is 7.16. The fourth-order valence-corrected chi connectivity index (χ4v) is 2.72. The molecule has 1 saturated heterocycles. The molecular formula is C16H25FN2O. The van der Waals surface area contributed by atoms with Crippen LogP contribution >= 0.6 is 0 Å². The lowest BCUT2D eigenvalue weighted by Crippen LogP contribution is -2.50. The van der Waals surface area contributed by atoms with Gasteiger partial charge < -0.3 is 10.1 Å². The minimum atomic E-state index is -0.197. The Hall–Kier alpha value is -0.970. The number of hydrogen-bond donors (Lipinski definition) is 1. The van der Waals surface area contributed by atoms with E-state index < -0.39 is 0 Å². The molecule has 2 atom stereocenters. The molecule has 1 aliphatic heterocycles. The van der Waals surface area contributed by atoms with Crippen LogP contribution in [-0.2, 0) is 4.74 Å². The van der Waals surface area contributed by atoms with E-state index in [1.54, 1.807) is 0 Å². The van der Waals surface area contributed by atoms with E-state index in [0.29, 0.717) is 6.04 Å². The number of ether oxygens (including phenoxy) is 1. The van der Waals surface area contributed by atoms with Gasteiger partial charge in [0, 0.05) is 19.1 Å². The maximum absolute atomic E-state index is 13.1. The maximum atomic E-state index is 13.1. The summed E-state index contributed by atoms with van der Waals surface area (Å²) >= 11 is 0. The molecule has 0 saturated carbocycles. The summed E-state index contributed by atoms with van der Waals surface area (Å²) in [7, 11) is 0. The van der Waals surface area contributed by atoms with Crippen molar-refractivity contribution in [2.75, 3.05) is 26.2 Å². The minimum Gasteiger partial charge on any atom is -0.374 e. The van der Waals surface area contributed by atoms with Crippen LogP contribution in [0, 0.1) is 5.82 Å². The average Bonchev–Trinajstić information content (AvgIpc) is 2.46. The lowest BCUT2D eigenvalue weighted by molar-refractivity contribution is -0.0558. The molecule has 112 valence electrons. The predicted octanol–water partition coefficient (Wildman–Crippen LogP) is 2.59. The van der Waals surface area contributed by atoms with Crippen LogP contribution in [0.2, 0.25) is 0 Å². The van der Waals surface area contributed by atoms with E-state index in [0.717, 1.165) is 31.8 Å². The van der Waals surface area contributed by atoms with Crippen LogP contribution in [0.25, 0.3) is 0 Å². The number of nitrogens with one attached hydrogen (secondary N) is 1. The molecule has 2 unspecified atom stereocenters. The van der Waals surface area contributed by atoms with E-state index in [1.165, 1.54) is 12.1 Å². The molecule has 2 rings (SSSR count). The van der Waals surface area contributed by atoms with Crippen molar-refractivity contribution in [2.24, 2.45) is 0 Å². The van der Waals surface area contributed by atoms with Crippen molar-refractivity contribution in [3.8, 4) is 0 Å². The standard InChI is InChI=1S/C16H25FN2O/c1-4-18-16(13-5-7-14(17)8-6-13)15-11-19(12(2)3)9-10-20-15/h5-8,12,15-16,18H,4,9-11H2,1-3H3. The normalized spacial score (nSPS) is 22.1. The monoisotopic (exact) mass is 280 g/mol. The van der Waals surface area contributed by atoms with Gasteiger partial charge in [0.1, 0.15) is 5.82 Å². The first-order chi connectivity index (χ1) is 9.61. The number of rotatable bonds is 5. The van der Waals surface area contributed by atoms with Gasteiger partial charge in [-0.05, 0) is 38.1 Å². The van der Waals surface area contributed by atoms with Crippen molar-refractivity contribution in [3.63, 3.8) is 0 Å². The first kappa shape index (κ1) is 15.4. The molecular weight excluding hydrogens is 255 g/mol. The van der Waals surface area contributed by atoms with Crippen LogP contribution in [0.3, 0.4) is 0 Å². The summed E-state index contributed by atoms with van der Waals surface area (Å²) in [5, 5.41) is 3.47. The van der Waals surface area contributed by atoms with Crippen molar-refractivity contribution in [1.82, 2.24) is 10.2 Å². The highest BCUT2D eigenvalue weighted by molar-refractivity contribution is 5.21.